The van der Waals surface area contributed by atoms with Crippen LogP contribution in [0.5, 0.6) is 5.75 Å². The number of hydrogen-bond donors (Lipinski definition) is 3. The van der Waals surface area contributed by atoms with Gasteiger partial charge in [0.15, 0.2) is 0 Å². The number of aromatic nitrogens is 1. The van der Waals surface area contributed by atoms with E-state index in [-0.39, 0.29) is 11.8 Å². The Balaban J connectivity index is 1.36. The van der Waals surface area contributed by atoms with Crippen molar-refractivity contribution >= 4 is 29.2 Å². The number of ether oxygens (including phenoxy) is 2. The number of carbonyl (C=O) groups excluding carboxylic acids is 2. The summed E-state index contributed by atoms with van der Waals surface area (Å²) in [5.74, 6) is 0.401. The second kappa shape index (κ2) is 9.25. The van der Waals surface area contributed by atoms with Crippen LogP contribution in [0.1, 0.15) is 32.9 Å². The number of anilines is 1. The van der Waals surface area contributed by atoms with E-state index in [4.69, 9.17) is 9.47 Å². The van der Waals surface area contributed by atoms with E-state index >= 15 is 0 Å². The monoisotopic (exact) mass is 466 g/mol. The molecule has 3 aliphatic heterocycles. The molecule has 180 valence electrons. The number of aliphatic hydroxyl groups excluding tert-OH is 1. The first-order chi connectivity index (χ1) is 16.4. The summed E-state index contributed by atoms with van der Waals surface area (Å²) in [4.78, 5) is 33.2. The second-order valence-electron chi connectivity index (χ2n) is 9.01. The number of benzene rings is 1. The number of aliphatic hydroxyl groups is 1. The Bertz CT molecular complexity index is 1150. The van der Waals surface area contributed by atoms with Crippen LogP contribution in [0.2, 0.25) is 0 Å². The highest BCUT2D eigenvalue weighted by atomic mass is 16.5. The zero-order chi connectivity index (χ0) is 23.8. The lowest BCUT2D eigenvalue weighted by molar-refractivity contribution is -0.110. The summed E-state index contributed by atoms with van der Waals surface area (Å²) >= 11 is 0. The topological polar surface area (TPSA) is 107 Å². The van der Waals surface area contributed by atoms with Crippen molar-refractivity contribution < 1.29 is 24.2 Å². The van der Waals surface area contributed by atoms with Gasteiger partial charge in [-0.3, -0.25) is 14.5 Å². The van der Waals surface area contributed by atoms with Gasteiger partial charge in [-0.15, -0.1) is 0 Å². The van der Waals surface area contributed by atoms with Crippen molar-refractivity contribution in [3.63, 3.8) is 0 Å². The first-order valence-corrected chi connectivity index (χ1v) is 11.6. The number of methoxy groups -OCH3 is 1. The summed E-state index contributed by atoms with van der Waals surface area (Å²) < 4.78 is 10.7. The van der Waals surface area contributed by atoms with Gasteiger partial charge in [0, 0.05) is 61.8 Å². The lowest BCUT2D eigenvalue weighted by Crippen LogP contribution is -2.47. The van der Waals surface area contributed by atoms with Gasteiger partial charge in [-0.1, -0.05) is 0 Å². The Morgan fingerprint density at radius 3 is 2.76 bits per heavy atom. The molecule has 3 aliphatic rings. The molecule has 1 aromatic carbocycles. The molecule has 1 fully saturated rings. The maximum Gasteiger partial charge on any atom is 0.256 e. The Morgan fingerprint density at radius 2 is 2.00 bits per heavy atom. The predicted molar refractivity (Wildman–Crippen MR) is 128 cm³/mol. The van der Waals surface area contributed by atoms with Crippen molar-refractivity contribution in [2.24, 2.45) is 0 Å². The maximum atomic E-state index is 13.3. The van der Waals surface area contributed by atoms with Crippen molar-refractivity contribution in [2.75, 3.05) is 58.4 Å². The van der Waals surface area contributed by atoms with Crippen molar-refractivity contribution in [1.29, 1.82) is 0 Å². The fourth-order valence-electron chi connectivity index (χ4n) is 4.96. The largest absolute Gasteiger partial charge is 0.497 e. The minimum Gasteiger partial charge on any atom is -0.497 e. The highest BCUT2D eigenvalue weighted by molar-refractivity contribution is 6.35. The Morgan fingerprint density at radius 1 is 1.21 bits per heavy atom. The van der Waals surface area contributed by atoms with E-state index < -0.39 is 6.10 Å². The molecule has 0 unspecified atom stereocenters. The van der Waals surface area contributed by atoms with Gasteiger partial charge in [-0.25, -0.2) is 0 Å². The van der Waals surface area contributed by atoms with Gasteiger partial charge in [0.25, 0.3) is 11.8 Å². The molecule has 4 heterocycles. The predicted octanol–water partition coefficient (Wildman–Crippen LogP) is 1.52. The fourth-order valence-corrected chi connectivity index (χ4v) is 4.96. The van der Waals surface area contributed by atoms with Crippen LogP contribution in [0, 0.1) is 6.92 Å². The summed E-state index contributed by atoms with van der Waals surface area (Å²) in [6, 6.07) is 5.46. The lowest BCUT2D eigenvalue weighted by atomic mass is 10.0. The Kier molecular flexibility index (Phi) is 6.16. The van der Waals surface area contributed by atoms with Gasteiger partial charge < -0.3 is 29.8 Å². The van der Waals surface area contributed by atoms with Gasteiger partial charge in [0.05, 0.1) is 37.6 Å². The molecule has 9 nitrogen and oxygen atoms in total. The van der Waals surface area contributed by atoms with Crippen LogP contribution in [0.15, 0.2) is 18.2 Å². The van der Waals surface area contributed by atoms with Crippen molar-refractivity contribution in [2.45, 2.75) is 19.4 Å². The number of nitrogens with one attached hydrogen (secondary N) is 2. The van der Waals surface area contributed by atoms with E-state index in [2.05, 4.69) is 15.2 Å². The molecule has 2 aromatic rings. The number of carbonyl (C=O) groups is 2. The Labute approximate surface area is 198 Å². The van der Waals surface area contributed by atoms with Crippen LogP contribution in [0.4, 0.5) is 5.69 Å². The molecule has 2 amide bonds. The van der Waals surface area contributed by atoms with Crippen LogP contribution in [0.3, 0.4) is 0 Å². The molecule has 0 bridgehead atoms. The molecule has 0 radical (unpaired) electrons. The summed E-state index contributed by atoms with van der Waals surface area (Å²) in [6.07, 6.45) is 1.86. The molecule has 9 heteroatoms. The SMILES string of the molecule is COc1ccc2c(c1)/C(=C/c1[nH]c3c(c1C)C(=O)N(C[C@@H](O)CN1CCOCC1)CC3)C(=O)N2. The Hall–Kier alpha value is -3.14. The number of β-amino-alcohol motifs (C(OH)–C–C–N with tert-alkyl or cyclic N) is 1. The highest BCUT2D eigenvalue weighted by Gasteiger charge is 2.32. The van der Waals surface area contributed by atoms with Crippen molar-refractivity contribution in [1.82, 2.24) is 14.8 Å². The fraction of sp³-hybridized carbons (Fsp3) is 0.440. The number of nitrogens with zero attached hydrogens (tertiary/aromatic N) is 2. The summed E-state index contributed by atoms with van der Waals surface area (Å²) in [7, 11) is 1.59. The van der Waals surface area contributed by atoms with Crippen molar-refractivity contribution in [3.05, 3.63) is 46.3 Å². The van der Waals surface area contributed by atoms with Crippen molar-refractivity contribution in [3.8, 4) is 5.75 Å². The molecule has 3 N–H and O–H groups in total. The number of hydrogen-bond acceptors (Lipinski definition) is 6. The number of aromatic amines is 1. The molecule has 0 spiro atoms. The smallest absolute Gasteiger partial charge is 0.256 e. The van der Waals surface area contributed by atoms with Crippen LogP contribution >= 0.6 is 0 Å². The van der Waals surface area contributed by atoms with Crippen LogP contribution in [-0.2, 0) is 16.0 Å². The zero-order valence-electron chi connectivity index (χ0n) is 19.5. The van der Waals surface area contributed by atoms with Crippen LogP contribution in [-0.4, -0.2) is 90.9 Å². The first kappa shape index (κ1) is 22.6. The quantitative estimate of drug-likeness (QED) is 0.558. The van der Waals surface area contributed by atoms with E-state index in [0.717, 1.165) is 41.3 Å². The summed E-state index contributed by atoms with van der Waals surface area (Å²) in [5.41, 5.74) is 5.11. The minimum absolute atomic E-state index is 0.0846. The molecule has 5 rings (SSSR count). The summed E-state index contributed by atoms with van der Waals surface area (Å²) in [5, 5.41) is 13.5. The average Bonchev–Trinajstić information content (AvgIpc) is 3.32. The summed E-state index contributed by atoms with van der Waals surface area (Å²) in [6.45, 7) is 6.21. The van der Waals surface area contributed by atoms with Gasteiger partial charge in [0.2, 0.25) is 0 Å². The third kappa shape index (κ3) is 4.22. The van der Waals surface area contributed by atoms with Gasteiger partial charge in [-0.05, 0) is 36.8 Å². The normalized spacial score (nSPS) is 20.3. The molecule has 0 aliphatic carbocycles. The van der Waals surface area contributed by atoms with Gasteiger partial charge in [-0.2, -0.15) is 0 Å². The number of morpholine rings is 1. The maximum absolute atomic E-state index is 13.3. The molecule has 1 aromatic heterocycles. The zero-order valence-corrected chi connectivity index (χ0v) is 19.5. The van der Waals surface area contributed by atoms with E-state index in [1.165, 1.54) is 0 Å². The standard InChI is InChI=1S/C25H30N4O5/c1-15-22(12-19-18-11-17(33-2)3-4-20(18)27-24(19)31)26-21-5-6-29(25(32)23(15)21)14-16(30)13-28-7-9-34-10-8-28/h3-4,11-12,16,26,30H,5-10,13-14H2,1-2H3,(H,27,31)/b19-12-/t16-/m0/s1. The molecular weight excluding hydrogens is 436 g/mol. The van der Waals surface area contributed by atoms with Gasteiger partial charge in [0.1, 0.15) is 5.75 Å². The number of fused-ring (bicyclic) bond motifs is 2. The number of H-pyrrole nitrogens is 1. The second-order valence-corrected chi connectivity index (χ2v) is 9.01. The molecular formula is C25H30N4O5. The molecule has 0 saturated carbocycles. The van der Waals surface area contributed by atoms with Gasteiger partial charge >= 0.3 is 0 Å². The molecule has 1 saturated heterocycles. The average molecular weight is 467 g/mol. The van der Waals surface area contributed by atoms with Crippen LogP contribution in [0.25, 0.3) is 11.6 Å². The third-order valence-corrected chi connectivity index (χ3v) is 6.80. The van der Waals surface area contributed by atoms with E-state index in [1.807, 2.05) is 19.1 Å². The number of amides is 2. The van der Waals surface area contributed by atoms with E-state index in [0.29, 0.717) is 56.2 Å². The van der Waals surface area contributed by atoms with Crippen LogP contribution < -0.4 is 10.1 Å². The minimum atomic E-state index is -0.613. The highest BCUT2D eigenvalue weighted by Crippen LogP contribution is 2.36. The first-order valence-electron chi connectivity index (χ1n) is 11.6. The molecule has 34 heavy (non-hydrogen) atoms. The van der Waals surface area contributed by atoms with E-state index in [1.54, 1.807) is 24.2 Å². The number of rotatable bonds is 6. The third-order valence-electron chi connectivity index (χ3n) is 6.80. The molecule has 1 atom stereocenters. The van der Waals surface area contributed by atoms with E-state index in [9.17, 15) is 14.7 Å². The lowest BCUT2D eigenvalue weighted by Gasteiger charge is -2.32.